The number of benzene rings is 1. The van der Waals surface area contributed by atoms with Crippen LogP contribution in [0.4, 0.5) is 0 Å². The van der Waals surface area contributed by atoms with E-state index >= 15 is 0 Å². The zero-order valence-corrected chi connectivity index (χ0v) is 16.7. The molecular formula is C20H22ClN5S. The van der Waals surface area contributed by atoms with Gasteiger partial charge in [0, 0.05) is 30.2 Å². The van der Waals surface area contributed by atoms with E-state index in [1.165, 1.54) is 0 Å². The van der Waals surface area contributed by atoms with E-state index in [0.717, 1.165) is 47.3 Å². The van der Waals surface area contributed by atoms with Gasteiger partial charge in [-0.25, -0.2) is 15.0 Å². The molecule has 0 fully saturated rings. The molecule has 2 aromatic heterocycles. The van der Waals surface area contributed by atoms with E-state index in [1.807, 2.05) is 30.3 Å². The first-order valence-electron chi connectivity index (χ1n) is 8.87. The van der Waals surface area contributed by atoms with Crippen molar-refractivity contribution >= 4 is 28.9 Å². The summed E-state index contributed by atoms with van der Waals surface area (Å²) in [5, 5.41) is 10.2. The molecular weight excluding hydrogens is 378 g/mol. The standard InChI is InChI=1S/C20H22ClN5S/c1-2-22-20(23-11-10-15-8-9-18(21)24-12-15)25-13-19-26-17(14-27-19)16-6-4-3-5-7-16/h3-9,12,14H,2,10-11,13H2,1H3,(H2,22,23,25). The van der Waals surface area contributed by atoms with Crippen LogP contribution in [0.2, 0.25) is 5.15 Å². The molecule has 0 aliphatic rings. The summed E-state index contributed by atoms with van der Waals surface area (Å²) < 4.78 is 0. The van der Waals surface area contributed by atoms with Crippen molar-refractivity contribution in [1.82, 2.24) is 20.6 Å². The van der Waals surface area contributed by atoms with Gasteiger partial charge in [-0.1, -0.05) is 48.0 Å². The zero-order chi connectivity index (χ0) is 18.9. The third kappa shape index (κ3) is 6.05. The van der Waals surface area contributed by atoms with Crippen LogP contribution in [0.5, 0.6) is 0 Å². The highest BCUT2D eigenvalue weighted by Gasteiger charge is 2.05. The number of guanidine groups is 1. The molecule has 0 aliphatic carbocycles. The summed E-state index contributed by atoms with van der Waals surface area (Å²) in [5.74, 6) is 0.788. The maximum Gasteiger partial charge on any atom is 0.191 e. The van der Waals surface area contributed by atoms with Crippen LogP contribution in [0.1, 0.15) is 17.5 Å². The predicted octanol–water partition coefficient (Wildman–Crippen LogP) is 4.16. The number of nitrogens with one attached hydrogen (secondary N) is 2. The largest absolute Gasteiger partial charge is 0.357 e. The lowest BCUT2D eigenvalue weighted by Crippen LogP contribution is -2.38. The number of hydrogen-bond donors (Lipinski definition) is 2. The SMILES string of the molecule is CCNC(=NCc1nc(-c2ccccc2)cs1)NCCc1ccc(Cl)nc1. The van der Waals surface area contributed by atoms with E-state index in [1.54, 1.807) is 17.5 Å². The van der Waals surface area contributed by atoms with Crippen LogP contribution in [0, 0.1) is 0 Å². The second-order valence-electron chi connectivity index (χ2n) is 5.85. The van der Waals surface area contributed by atoms with Crippen LogP contribution in [0.25, 0.3) is 11.3 Å². The Bertz CT molecular complexity index is 862. The van der Waals surface area contributed by atoms with E-state index in [4.69, 9.17) is 11.6 Å². The van der Waals surface area contributed by atoms with E-state index in [-0.39, 0.29) is 0 Å². The van der Waals surface area contributed by atoms with Crippen LogP contribution in [-0.2, 0) is 13.0 Å². The Kier molecular flexibility index (Phi) is 7.19. The molecule has 3 rings (SSSR count). The molecule has 140 valence electrons. The van der Waals surface area contributed by atoms with Crippen LogP contribution in [0.3, 0.4) is 0 Å². The van der Waals surface area contributed by atoms with Gasteiger partial charge < -0.3 is 10.6 Å². The minimum atomic E-state index is 0.514. The molecule has 0 spiro atoms. The lowest BCUT2D eigenvalue weighted by Gasteiger charge is -2.10. The summed E-state index contributed by atoms with van der Waals surface area (Å²) in [5.41, 5.74) is 3.26. The van der Waals surface area contributed by atoms with Crippen molar-refractivity contribution in [3.8, 4) is 11.3 Å². The van der Waals surface area contributed by atoms with Crippen molar-refractivity contribution in [2.24, 2.45) is 4.99 Å². The van der Waals surface area contributed by atoms with Crippen molar-refractivity contribution in [3.63, 3.8) is 0 Å². The third-order valence-electron chi connectivity index (χ3n) is 3.83. The Balaban J connectivity index is 1.55. The van der Waals surface area contributed by atoms with Crippen molar-refractivity contribution in [2.75, 3.05) is 13.1 Å². The maximum atomic E-state index is 5.82. The molecule has 0 amide bonds. The van der Waals surface area contributed by atoms with E-state index < -0.39 is 0 Å². The van der Waals surface area contributed by atoms with Gasteiger partial charge in [-0.05, 0) is 25.0 Å². The van der Waals surface area contributed by atoms with Crippen LogP contribution >= 0.6 is 22.9 Å². The Morgan fingerprint density at radius 3 is 2.74 bits per heavy atom. The molecule has 3 aromatic rings. The molecule has 1 aromatic carbocycles. The Labute approximate surface area is 168 Å². The van der Waals surface area contributed by atoms with Gasteiger partial charge in [-0.15, -0.1) is 11.3 Å². The van der Waals surface area contributed by atoms with Gasteiger partial charge in [0.15, 0.2) is 5.96 Å². The zero-order valence-electron chi connectivity index (χ0n) is 15.2. The van der Waals surface area contributed by atoms with Crippen LogP contribution in [-0.4, -0.2) is 29.0 Å². The van der Waals surface area contributed by atoms with E-state index in [0.29, 0.717) is 11.7 Å². The first kappa shape index (κ1) is 19.3. The Morgan fingerprint density at radius 1 is 1.15 bits per heavy atom. The van der Waals surface area contributed by atoms with Gasteiger partial charge in [0.2, 0.25) is 0 Å². The Morgan fingerprint density at radius 2 is 2.00 bits per heavy atom. The van der Waals surface area contributed by atoms with E-state index in [9.17, 15) is 0 Å². The summed E-state index contributed by atoms with van der Waals surface area (Å²) >= 11 is 7.45. The monoisotopic (exact) mass is 399 g/mol. The van der Waals surface area contributed by atoms with Crippen molar-refractivity contribution in [2.45, 2.75) is 19.9 Å². The molecule has 0 saturated heterocycles. The number of pyridine rings is 1. The fourth-order valence-electron chi connectivity index (χ4n) is 2.49. The minimum absolute atomic E-state index is 0.514. The smallest absolute Gasteiger partial charge is 0.191 e. The highest BCUT2D eigenvalue weighted by atomic mass is 35.5. The topological polar surface area (TPSA) is 62.2 Å². The second-order valence-corrected chi connectivity index (χ2v) is 7.18. The molecule has 27 heavy (non-hydrogen) atoms. The molecule has 0 atom stereocenters. The summed E-state index contributed by atoms with van der Waals surface area (Å²) in [4.78, 5) is 13.4. The van der Waals surface area contributed by atoms with Gasteiger partial charge in [-0.2, -0.15) is 0 Å². The molecule has 0 radical (unpaired) electrons. The molecule has 0 saturated carbocycles. The fraction of sp³-hybridized carbons (Fsp3) is 0.250. The fourth-order valence-corrected chi connectivity index (χ4v) is 3.33. The first-order chi connectivity index (χ1) is 13.2. The number of aliphatic imine (C=N–C) groups is 1. The highest BCUT2D eigenvalue weighted by Crippen LogP contribution is 2.21. The van der Waals surface area contributed by atoms with Gasteiger partial charge in [0.1, 0.15) is 10.2 Å². The molecule has 0 aliphatic heterocycles. The normalized spacial score (nSPS) is 11.4. The summed E-state index contributed by atoms with van der Waals surface area (Å²) in [6.07, 6.45) is 2.65. The lowest BCUT2D eigenvalue weighted by molar-refractivity contribution is 0.797. The number of rotatable bonds is 7. The van der Waals surface area contributed by atoms with Crippen LogP contribution in [0.15, 0.2) is 59.0 Å². The Hall–Kier alpha value is -2.44. The van der Waals surface area contributed by atoms with Gasteiger partial charge in [0.05, 0.1) is 12.2 Å². The third-order valence-corrected chi connectivity index (χ3v) is 4.89. The average molecular weight is 400 g/mol. The number of halogens is 1. The summed E-state index contributed by atoms with van der Waals surface area (Å²) in [6.45, 7) is 4.18. The van der Waals surface area contributed by atoms with Crippen molar-refractivity contribution < 1.29 is 0 Å². The first-order valence-corrected chi connectivity index (χ1v) is 10.1. The van der Waals surface area contributed by atoms with Crippen molar-refractivity contribution in [3.05, 3.63) is 69.8 Å². The maximum absolute atomic E-state index is 5.82. The summed E-state index contributed by atoms with van der Waals surface area (Å²) in [6, 6.07) is 14.0. The second kappa shape index (κ2) is 10.0. The average Bonchev–Trinajstić information content (AvgIpc) is 3.17. The predicted molar refractivity (Wildman–Crippen MR) is 113 cm³/mol. The summed E-state index contributed by atoms with van der Waals surface area (Å²) in [7, 11) is 0. The lowest BCUT2D eigenvalue weighted by atomic mass is 10.2. The molecule has 0 bridgehead atoms. The van der Waals surface area contributed by atoms with E-state index in [2.05, 4.69) is 50.0 Å². The number of thiazole rings is 1. The highest BCUT2D eigenvalue weighted by molar-refractivity contribution is 7.09. The minimum Gasteiger partial charge on any atom is -0.357 e. The number of aromatic nitrogens is 2. The molecule has 2 heterocycles. The number of nitrogens with zero attached hydrogens (tertiary/aromatic N) is 3. The molecule has 2 N–H and O–H groups in total. The molecule has 5 nitrogen and oxygen atoms in total. The van der Waals surface area contributed by atoms with Gasteiger partial charge in [-0.3, -0.25) is 0 Å². The van der Waals surface area contributed by atoms with Crippen molar-refractivity contribution in [1.29, 1.82) is 0 Å². The molecule has 0 unspecified atom stereocenters. The van der Waals surface area contributed by atoms with Gasteiger partial charge in [0.25, 0.3) is 0 Å². The van der Waals surface area contributed by atoms with Gasteiger partial charge >= 0.3 is 0 Å². The quantitative estimate of drug-likeness (QED) is 0.356. The van der Waals surface area contributed by atoms with Crippen LogP contribution < -0.4 is 10.6 Å². The molecule has 7 heteroatoms. The number of hydrogen-bond acceptors (Lipinski definition) is 4.